The van der Waals surface area contributed by atoms with Crippen molar-refractivity contribution in [1.29, 1.82) is 0 Å². The van der Waals surface area contributed by atoms with Crippen molar-refractivity contribution < 1.29 is 0 Å². The molecule has 0 heterocycles. The summed E-state index contributed by atoms with van der Waals surface area (Å²) < 4.78 is 0. The molecule has 40 valence electrons. The second-order valence-electron chi connectivity index (χ2n) is 1.11. The van der Waals surface area contributed by atoms with Crippen LogP contribution in [0.4, 0.5) is 0 Å². The van der Waals surface area contributed by atoms with Crippen LogP contribution in [0.25, 0.3) is 0 Å². The highest BCUT2D eigenvalue weighted by atomic mass is 32.1. The Morgan fingerprint density at radius 1 is 1.86 bits per heavy atom. The summed E-state index contributed by atoms with van der Waals surface area (Å²) in [5, 5.41) is 1.65. The number of nitrogens with two attached hydrogens (primary N) is 1. The molecular weight excluding hydrogens is 106 g/mol. The van der Waals surface area contributed by atoms with Crippen LogP contribution in [0, 0.1) is 0 Å². The Morgan fingerprint density at radius 3 is 2.43 bits per heavy atom. The first-order chi connectivity index (χ1) is 3.35. The van der Waals surface area contributed by atoms with Crippen LogP contribution in [0.1, 0.15) is 0 Å². The van der Waals surface area contributed by atoms with Gasteiger partial charge in [-0.25, -0.2) is 0 Å². The maximum absolute atomic E-state index is 5.21. The summed E-state index contributed by atoms with van der Waals surface area (Å²) in [6.07, 6.45) is 1.69. The zero-order valence-electron chi connectivity index (χ0n) is 4.09. The van der Waals surface area contributed by atoms with E-state index in [2.05, 4.69) is 19.2 Å². The van der Waals surface area contributed by atoms with Gasteiger partial charge in [0.2, 0.25) is 0 Å². The Morgan fingerprint density at radius 2 is 2.43 bits per heavy atom. The predicted molar refractivity (Wildman–Crippen MR) is 36.3 cm³/mol. The molecule has 0 aromatic rings. The standard InChI is InChI=1S/C5H9NS/c1-2-5(3-6)4-7/h2,4,7H,1,3,6H2/b5-4+. The van der Waals surface area contributed by atoms with E-state index in [1.54, 1.807) is 11.5 Å². The maximum atomic E-state index is 5.21. The van der Waals surface area contributed by atoms with Gasteiger partial charge >= 0.3 is 0 Å². The molecule has 0 saturated heterocycles. The van der Waals surface area contributed by atoms with Crippen LogP contribution >= 0.6 is 12.6 Å². The van der Waals surface area contributed by atoms with Gasteiger partial charge in [0.05, 0.1) is 0 Å². The van der Waals surface area contributed by atoms with Crippen LogP contribution in [0.2, 0.25) is 0 Å². The Bertz CT molecular complexity index is 86.1. The van der Waals surface area contributed by atoms with Gasteiger partial charge in [-0.2, -0.15) is 12.6 Å². The van der Waals surface area contributed by atoms with Crippen LogP contribution in [0.3, 0.4) is 0 Å². The molecule has 0 fully saturated rings. The van der Waals surface area contributed by atoms with Gasteiger partial charge in [-0.15, -0.1) is 0 Å². The topological polar surface area (TPSA) is 26.0 Å². The van der Waals surface area contributed by atoms with Crippen LogP contribution in [-0.4, -0.2) is 6.54 Å². The monoisotopic (exact) mass is 115 g/mol. The second-order valence-corrected chi connectivity index (χ2v) is 1.37. The normalized spacial score (nSPS) is 11.4. The van der Waals surface area contributed by atoms with Gasteiger partial charge in [-0.1, -0.05) is 12.7 Å². The summed E-state index contributed by atoms with van der Waals surface area (Å²) in [6.45, 7) is 4.03. The van der Waals surface area contributed by atoms with Crippen molar-refractivity contribution in [3.63, 3.8) is 0 Å². The number of rotatable bonds is 2. The summed E-state index contributed by atoms with van der Waals surface area (Å²) >= 11 is 3.86. The molecule has 0 amide bonds. The maximum Gasteiger partial charge on any atom is 0.0182 e. The highest BCUT2D eigenvalue weighted by molar-refractivity contribution is 7.83. The van der Waals surface area contributed by atoms with E-state index in [0.717, 1.165) is 5.57 Å². The van der Waals surface area contributed by atoms with Gasteiger partial charge in [0.1, 0.15) is 0 Å². The molecule has 0 rings (SSSR count). The molecule has 2 heteroatoms. The minimum atomic E-state index is 0.521. The lowest BCUT2D eigenvalue weighted by molar-refractivity contribution is 1.20. The van der Waals surface area contributed by atoms with Crippen LogP contribution in [0.5, 0.6) is 0 Å². The average molecular weight is 115 g/mol. The molecule has 0 unspecified atom stereocenters. The van der Waals surface area contributed by atoms with Gasteiger partial charge < -0.3 is 5.73 Å². The lowest BCUT2D eigenvalue weighted by Gasteiger charge is -1.88. The van der Waals surface area contributed by atoms with Crippen molar-refractivity contribution in [2.24, 2.45) is 5.73 Å². The fourth-order valence-electron chi connectivity index (χ4n) is 0.189. The SMILES string of the molecule is C=C/C(=C\S)CN. The summed E-state index contributed by atoms with van der Waals surface area (Å²) in [6, 6.07) is 0. The third-order valence-electron chi connectivity index (χ3n) is 0.664. The van der Waals surface area contributed by atoms with E-state index < -0.39 is 0 Å². The van der Waals surface area contributed by atoms with Crippen LogP contribution in [0.15, 0.2) is 23.6 Å². The van der Waals surface area contributed by atoms with E-state index in [1.165, 1.54) is 0 Å². The third-order valence-corrected chi connectivity index (χ3v) is 0.995. The van der Waals surface area contributed by atoms with Gasteiger partial charge in [0.15, 0.2) is 0 Å². The Kier molecular flexibility index (Phi) is 3.84. The van der Waals surface area contributed by atoms with Crippen molar-refractivity contribution in [2.45, 2.75) is 0 Å². The molecule has 0 bridgehead atoms. The molecule has 0 saturated carbocycles. The van der Waals surface area contributed by atoms with E-state index in [4.69, 9.17) is 5.73 Å². The first kappa shape index (κ1) is 6.79. The Hall–Kier alpha value is -0.210. The molecule has 0 spiro atoms. The summed E-state index contributed by atoms with van der Waals surface area (Å²) in [7, 11) is 0. The van der Waals surface area contributed by atoms with E-state index in [-0.39, 0.29) is 0 Å². The smallest absolute Gasteiger partial charge is 0.0182 e. The molecule has 0 aliphatic rings. The first-order valence-electron chi connectivity index (χ1n) is 2.01. The minimum Gasteiger partial charge on any atom is -0.326 e. The fourth-order valence-corrected chi connectivity index (χ4v) is 0.400. The number of thiol groups is 1. The molecule has 0 aliphatic carbocycles. The second kappa shape index (κ2) is 3.96. The highest BCUT2D eigenvalue weighted by Crippen LogP contribution is 1.92. The number of hydrogen-bond acceptors (Lipinski definition) is 2. The predicted octanol–water partition coefficient (Wildman–Crippen LogP) is 0.945. The van der Waals surface area contributed by atoms with Crippen LogP contribution in [-0.2, 0) is 0 Å². The van der Waals surface area contributed by atoms with Gasteiger partial charge in [-0.3, -0.25) is 0 Å². The van der Waals surface area contributed by atoms with E-state index in [1.807, 2.05) is 0 Å². The Balaban J connectivity index is 3.60. The molecule has 7 heavy (non-hydrogen) atoms. The minimum absolute atomic E-state index is 0.521. The van der Waals surface area contributed by atoms with E-state index in [0.29, 0.717) is 6.54 Å². The zero-order valence-corrected chi connectivity index (χ0v) is 4.99. The van der Waals surface area contributed by atoms with E-state index in [9.17, 15) is 0 Å². The molecule has 0 aliphatic heterocycles. The molecule has 2 N–H and O–H groups in total. The third kappa shape index (κ3) is 2.48. The van der Waals surface area contributed by atoms with Gasteiger partial charge in [0, 0.05) is 6.54 Å². The molecule has 0 aromatic heterocycles. The van der Waals surface area contributed by atoms with Gasteiger partial charge in [-0.05, 0) is 11.0 Å². The fraction of sp³-hybridized carbons (Fsp3) is 0.200. The zero-order chi connectivity index (χ0) is 5.70. The number of hydrogen-bond donors (Lipinski definition) is 2. The van der Waals surface area contributed by atoms with Crippen molar-refractivity contribution in [1.82, 2.24) is 0 Å². The summed E-state index contributed by atoms with van der Waals surface area (Å²) in [5.74, 6) is 0. The molecule has 0 aromatic carbocycles. The highest BCUT2D eigenvalue weighted by Gasteiger charge is 1.78. The largest absolute Gasteiger partial charge is 0.326 e. The summed E-state index contributed by atoms with van der Waals surface area (Å²) in [4.78, 5) is 0. The lowest BCUT2D eigenvalue weighted by atomic mass is 10.3. The van der Waals surface area contributed by atoms with Crippen molar-refractivity contribution in [3.8, 4) is 0 Å². The average Bonchev–Trinajstić information content (AvgIpc) is 1.72. The van der Waals surface area contributed by atoms with E-state index >= 15 is 0 Å². The molecule has 1 nitrogen and oxygen atoms in total. The summed E-state index contributed by atoms with van der Waals surface area (Å²) in [5.41, 5.74) is 6.17. The van der Waals surface area contributed by atoms with Crippen molar-refractivity contribution >= 4 is 12.6 Å². The lowest BCUT2D eigenvalue weighted by Crippen LogP contribution is -1.99. The van der Waals surface area contributed by atoms with Crippen molar-refractivity contribution in [2.75, 3.05) is 6.54 Å². The molecular formula is C5H9NS. The van der Waals surface area contributed by atoms with Gasteiger partial charge in [0.25, 0.3) is 0 Å². The quantitative estimate of drug-likeness (QED) is 0.406. The molecule has 0 radical (unpaired) electrons. The van der Waals surface area contributed by atoms with Crippen molar-refractivity contribution in [3.05, 3.63) is 23.6 Å². The molecule has 0 atom stereocenters. The Labute approximate surface area is 49.3 Å². The van der Waals surface area contributed by atoms with Crippen LogP contribution < -0.4 is 5.73 Å². The first-order valence-corrected chi connectivity index (χ1v) is 2.52.